The number of carbonyl (C=O) groups excluding carboxylic acids is 3. The van der Waals surface area contributed by atoms with Gasteiger partial charge in [0.05, 0.1) is 5.69 Å². The minimum Gasteiger partial charge on any atom is -0.366 e. The Bertz CT molecular complexity index is 1490. The molecular formula is C35H40FN3O3. The quantitative estimate of drug-likeness (QED) is 0.316. The lowest BCUT2D eigenvalue weighted by Crippen LogP contribution is -2.54. The van der Waals surface area contributed by atoms with Crippen molar-refractivity contribution >= 4 is 35.3 Å². The summed E-state index contributed by atoms with van der Waals surface area (Å²) < 4.78 is 15.5. The van der Waals surface area contributed by atoms with E-state index in [2.05, 4.69) is 50.0 Å². The molecule has 0 spiro atoms. The van der Waals surface area contributed by atoms with Crippen molar-refractivity contribution in [3.8, 4) is 0 Å². The third-order valence-corrected chi connectivity index (χ3v) is 11.0. The predicted octanol–water partition coefficient (Wildman–Crippen LogP) is 7.07. The SMILES string of the molecule is CCN1c2cc(F)c(/C=C3/C(=O)NC(=O)N(c4ccc(C56CC7CC(CC(C7)C5)C6)cc4)C3=O)cc2C(C)CC1(C)C. The monoisotopic (exact) mass is 569 g/mol. The summed E-state index contributed by atoms with van der Waals surface area (Å²) in [7, 11) is 0. The lowest BCUT2D eigenvalue weighted by molar-refractivity contribution is -0.122. The maximum absolute atomic E-state index is 15.5. The van der Waals surface area contributed by atoms with E-state index in [9.17, 15) is 14.4 Å². The van der Waals surface area contributed by atoms with E-state index < -0.39 is 23.7 Å². The fourth-order valence-corrected chi connectivity index (χ4v) is 9.71. The van der Waals surface area contributed by atoms with Gasteiger partial charge in [0.15, 0.2) is 0 Å². The average Bonchev–Trinajstić information content (AvgIpc) is 2.91. The highest BCUT2D eigenvalue weighted by atomic mass is 19.1. The van der Waals surface area contributed by atoms with Crippen molar-refractivity contribution in [2.75, 3.05) is 16.3 Å². The molecule has 4 bridgehead atoms. The van der Waals surface area contributed by atoms with Crippen LogP contribution >= 0.6 is 0 Å². The van der Waals surface area contributed by atoms with Gasteiger partial charge in [0.1, 0.15) is 11.4 Å². The summed E-state index contributed by atoms with van der Waals surface area (Å²) in [6.07, 6.45) is 9.95. The summed E-state index contributed by atoms with van der Waals surface area (Å²) in [6.45, 7) is 9.24. The minimum atomic E-state index is -0.812. The number of amides is 4. The van der Waals surface area contributed by atoms with Gasteiger partial charge in [0, 0.05) is 23.3 Å². The van der Waals surface area contributed by atoms with Crippen LogP contribution < -0.4 is 15.1 Å². The van der Waals surface area contributed by atoms with Crippen LogP contribution in [0.1, 0.15) is 95.2 Å². The number of barbiturate groups is 1. The summed E-state index contributed by atoms with van der Waals surface area (Å²) in [5, 5.41) is 2.30. The van der Waals surface area contributed by atoms with Gasteiger partial charge in [0.2, 0.25) is 0 Å². The number of halogens is 1. The van der Waals surface area contributed by atoms with Crippen molar-refractivity contribution in [2.24, 2.45) is 17.8 Å². The maximum Gasteiger partial charge on any atom is 0.335 e. The van der Waals surface area contributed by atoms with Crippen molar-refractivity contribution in [1.82, 2.24) is 5.32 Å². The first kappa shape index (κ1) is 27.4. The first-order chi connectivity index (χ1) is 20.0. The second kappa shape index (κ2) is 9.51. The zero-order valence-electron chi connectivity index (χ0n) is 25.0. The largest absolute Gasteiger partial charge is 0.366 e. The van der Waals surface area contributed by atoms with Gasteiger partial charge in [-0.15, -0.1) is 0 Å². The molecule has 2 aromatic rings. The summed E-state index contributed by atoms with van der Waals surface area (Å²) in [5.41, 5.74) is 3.53. The summed E-state index contributed by atoms with van der Waals surface area (Å²) in [6, 6.07) is 10.2. The van der Waals surface area contributed by atoms with Crippen molar-refractivity contribution in [2.45, 2.75) is 89.5 Å². The summed E-state index contributed by atoms with van der Waals surface area (Å²) in [4.78, 5) is 42.6. The Morgan fingerprint density at radius 1 is 0.952 bits per heavy atom. The van der Waals surface area contributed by atoms with Crippen LogP contribution in [-0.4, -0.2) is 29.9 Å². The number of rotatable bonds is 4. The van der Waals surface area contributed by atoms with Gasteiger partial charge in [-0.05, 0) is 136 Å². The molecule has 7 heteroatoms. The van der Waals surface area contributed by atoms with E-state index >= 15 is 4.39 Å². The van der Waals surface area contributed by atoms with Crippen LogP contribution in [0.4, 0.5) is 20.6 Å². The first-order valence-corrected chi connectivity index (χ1v) is 15.6. The van der Waals surface area contributed by atoms with Crippen LogP contribution in [-0.2, 0) is 15.0 Å². The number of urea groups is 1. The van der Waals surface area contributed by atoms with Crippen molar-refractivity contribution < 1.29 is 18.8 Å². The molecule has 42 heavy (non-hydrogen) atoms. The average molecular weight is 570 g/mol. The number of nitrogens with zero attached hydrogens (tertiary/aromatic N) is 2. The third kappa shape index (κ3) is 4.22. The highest BCUT2D eigenvalue weighted by molar-refractivity contribution is 6.39. The molecule has 2 heterocycles. The van der Waals surface area contributed by atoms with E-state index in [1.807, 2.05) is 12.1 Å². The molecule has 1 unspecified atom stereocenters. The van der Waals surface area contributed by atoms with Crippen LogP contribution in [0.3, 0.4) is 0 Å². The Morgan fingerprint density at radius 3 is 2.17 bits per heavy atom. The molecule has 1 N–H and O–H groups in total. The van der Waals surface area contributed by atoms with E-state index in [4.69, 9.17) is 0 Å². The van der Waals surface area contributed by atoms with Gasteiger partial charge in [-0.1, -0.05) is 19.1 Å². The Balaban J connectivity index is 1.19. The Labute approximate surface area is 247 Å². The minimum absolute atomic E-state index is 0.112. The smallest absolute Gasteiger partial charge is 0.335 e. The Kier molecular flexibility index (Phi) is 6.20. The molecule has 4 aliphatic carbocycles. The number of nitrogens with one attached hydrogen (secondary N) is 1. The van der Waals surface area contributed by atoms with Crippen molar-refractivity contribution in [3.63, 3.8) is 0 Å². The zero-order chi connectivity index (χ0) is 29.6. The van der Waals surface area contributed by atoms with Crippen molar-refractivity contribution in [1.29, 1.82) is 0 Å². The topological polar surface area (TPSA) is 69.7 Å². The molecule has 220 valence electrons. The van der Waals surface area contributed by atoms with Crippen LogP contribution in [0.15, 0.2) is 42.0 Å². The maximum atomic E-state index is 15.5. The fourth-order valence-electron chi connectivity index (χ4n) is 9.71. The van der Waals surface area contributed by atoms with Crippen LogP contribution in [0.2, 0.25) is 0 Å². The first-order valence-electron chi connectivity index (χ1n) is 15.6. The lowest BCUT2D eigenvalue weighted by atomic mass is 9.48. The van der Waals surface area contributed by atoms with E-state index in [1.165, 1.54) is 56.2 Å². The molecule has 2 aromatic carbocycles. The van der Waals surface area contributed by atoms with Crippen LogP contribution in [0.25, 0.3) is 6.08 Å². The molecule has 5 fully saturated rings. The molecule has 6 nitrogen and oxygen atoms in total. The molecule has 8 rings (SSSR count). The number of imide groups is 2. The Morgan fingerprint density at radius 2 is 1.57 bits per heavy atom. The van der Waals surface area contributed by atoms with Crippen LogP contribution in [0.5, 0.6) is 0 Å². The van der Waals surface area contributed by atoms with Gasteiger partial charge in [-0.2, -0.15) is 0 Å². The number of anilines is 2. The summed E-state index contributed by atoms with van der Waals surface area (Å²) in [5.74, 6) is 0.555. The molecule has 0 aromatic heterocycles. The highest BCUT2D eigenvalue weighted by Crippen LogP contribution is 2.60. The predicted molar refractivity (Wildman–Crippen MR) is 162 cm³/mol. The van der Waals surface area contributed by atoms with Gasteiger partial charge in [0.25, 0.3) is 11.8 Å². The highest BCUT2D eigenvalue weighted by Gasteiger charge is 2.51. The van der Waals surface area contributed by atoms with Crippen molar-refractivity contribution in [3.05, 3.63) is 64.5 Å². The van der Waals surface area contributed by atoms with Gasteiger partial charge < -0.3 is 4.90 Å². The normalized spacial score (nSPS) is 32.4. The molecule has 4 amide bonds. The second-order valence-corrected chi connectivity index (χ2v) is 14.3. The lowest BCUT2D eigenvalue weighted by Gasteiger charge is -2.57. The number of fused-ring (bicyclic) bond motifs is 1. The van der Waals surface area contributed by atoms with E-state index in [1.54, 1.807) is 6.07 Å². The molecular weight excluding hydrogens is 529 g/mol. The van der Waals surface area contributed by atoms with Gasteiger partial charge >= 0.3 is 6.03 Å². The van der Waals surface area contributed by atoms with E-state index in [0.29, 0.717) is 5.69 Å². The number of carbonyl (C=O) groups is 3. The van der Waals surface area contributed by atoms with Gasteiger partial charge in [-0.3, -0.25) is 14.9 Å². The molecule has 6 aliphatic rings. The summed E-state index contributed by atoms with van der Waals surface area (Å²) >= 11 is 0. The van der Waals surface area contributed by atoms with E-state index in [-0.39, 0.29) is 28.0 Å². The standard InChI is InChI=1S/C35H40FN3O3/c1-5-38-30-15-29(36)24(13-27(30)20(2)16-34(38,3)4)14-28-31(40)37-33(42)39(32(28)41)26-8-6-25(7-9-26)35-17-21-10-22(18-35)12-23(11-21)19-35/h6-9,13-15,20-23H,5,10-12,16-19H2,1-4H3,(H,37,40,42)/b28-14-. The number of benzene rings is 2. The molecule has 0 radical (unpaired) electrons. The molecule has 4 saturated carbocycles. The van der Waals surface area contributed by atoms with E-state index in [0.717, 1.165) is 46.9 Å². The third-order valence-electron chi connectivity index (χ3n) is 11.0. The second-order valence-electron chi connectivity index (χ2n) is 14.3. The molecule has 1 atom stereocenters. The molecule has 2 aliphatic heterocycles. The zero-order valence-corrected chi connectivity index (χ0v) is 25.0. The van der Waals surface area contributed by atoms with Crippen LogP contribution in [0, 0.1) is 23.6 Å². The fraction of sp³-hybridized carbons (Fsp3) is 0.514. The van der Waals surface area contributed by atoms with Gasteiger partial charge in [-0.25, -0.2) is 14.1 Å². The Hall–Kier alpha value is -3.48. The number of hydrogen-bond donors (Lipinski definition) is 1. The molecule has 1 saturated heterocycles. The number of hydrogen-bond acceptors (Lipinski definition) is 4.